The quantitative estimate of drug-likeness (QED) is 0.245. The Morgan fingerprint density at radius 1 is 0.462 bits per heavy atom. The van der Waals surface area contributed by atoms with Crippen molar-refractivity contribution in [3.8, 4) is 11.1 Å². The molecular formula is C36H26N2O. The molecule has 0 spiro atoms. The van der Waals surface area contributed by atoms with Gasteiger partial charge in [0.15, 0.2) is 0 Å². The molecule has 0 fully saturated rings. The molecule has 1 N–H and O–H groups in total. The number of hydrogen-bond acceptors (Lipinski definition) is 3. The summed E-state index contributed by atoms with van der Waals surface area (Å²) < 4.78 is 6.38. The zero-order chi connectivity index (χ0) is 26.0. The van der Waals surface area contributed by atoms with E-state index in [4.69, 9.17) is 4.42 Å². The Morgan fingerprint density at radius 2 is 1.15 bits per heavy atom. The maximum atomic E-state index is 6.38. The Morgan fingerprint density at radius 3 is 1.95 bits per heavy atom. The topological polar surface area (TPSA) is 28.4 Å². The summed E-state index contributed by atoms with van der Waals surface area (Å²) in [5.41, 5.74) is 9.41. The molecular weight excluding hydrogens is 476 g/mol. The fourth-order valence-electron chi connectivity index (χ4n) is 5.21. The van der Waals surface area contributed by atoms with E-state index in [1.165, 1.54) is 11.1 Å². The van der Waals surface area contributed by atoms with Crippen molar-refractivity contribution in [2.75, 3.05) is 10.2 Å². The summed E-state index contributed by atoms with van der Waals surface area (Å²) in [6, 6.07) is 52.6. The third-order valence-corrected chi connectivity index (χ3v) is 7.02. The third-order valence-electron chi connectivity index (χ3n) is 7.02. The summed E-state index contributed by atoms with van der Waals surface area (Å²) in [6.45, 7) is 0. The fourth-order valence-corrected chi connectivity index (χ4v) is 5.21. The predicted molar refractivity (Wildman–Crippen MR) is 164 cm³/mol. The lowest BCUT2D eigenvalue weighted by atomic mass is 10.0. The highest BCUT2D eigenvalue weighted by atomic mass is 16.3. The molecule has 0 radical (unpaired) electrons. The van der Waals surface area contributed by atoms with E-state index in [1.54, 1.807) is 0 Å². The van der Waals surface area contributed by atoms with Crippen molar-refractivity contribution in [1.82, 2.24) is 0 Å². The van der Waals surface area contributed by atoms with Crippen molar-refractivity contribution < 1.29 is 4.42 Å². The molecule has 3 heteroatoms. The number of rotatable bonds is 6. The van der Waals surface area contributed by atoms with Crippen molar-refractivity contribution in [2.24, 2.45) is 0 Å². The molecule has 0 saturated carbocycles. The summed E-state index contributed by atoms with van der Waals surface area (Å²) in [5, 5.41) is 5.68. The Balaban J connectivity index is 1.35. The molecule has 1 heterocycles. The van der Waals surface area contributed by atoms with Gasteiger partial charge in [-0.15, -0.1) is 0 Å². The first-order valence-electron chi connectivity index (χ1n) is 13.1. The lowest BCUT2D eigenvalue weighted by Gasteiger charge is -2.27. The van der Waals surface area contributed by atoms with Gasteiger partial charge in [0.2, 0.25) is 0 Å². The highest BCUT2D eigenvalue weighted by Gasteiger charge is 2.18. The normalized spacial score (nSPS) is 11.1. The molecule has 0 aliphatic carbocycles. The van der Waals surface area contributed by atoms with Gasteiger partial charge in [0, 0.05) is 45.2 Å². The Kier molecular flexibility index (Phi) is 5.80. The number of hydrogen-bond donors (Lipinski definition) is 1. The van der Waals surface area contributed by atoms with Crippen LogP contribution in [0.1, 0.15) is 0 Å². The van der Waals surface area contributed by atoms with Gasteiger partial charge in [0.1, 0.15) is 11.2 Å². The zero-order valence-corrected chi connectivity index (χ0v) is 21.3. The van der Waals surface area contributed by atoms with Crippen LogP contribution in [0.3, 0.4) is 0 Å². The van der Waals surface area contributed by atoms with Crippen LogP contribution in [0.2, 0.25) is 0 Å². The monoisotopic (exact) mass is 502 g/mol. The van der Waals surface area contributed by atoms with Crippen LogP contribution in [-0.2, 0) is 0 Å². The van der Waals surface area contributed by atoms with Gasteiger partial charge in [0.25, 0.3) is 0 Å². The molecule has 0 aliphatic heterocycles. The smallest absolute Gasteiger partial charge is 0.137 e. The number of nitrogens with one attached hydrogen (secondary N) is 1. The molecule has 6 aromatic carbocycles. The molecule has 186 valence electrons. The average molecular weight is 503 g/mol. The number of anilines is 5. The van der Waals surface area contributed by atoms with E-state index in [0.29, 0.717) is 0 Å². The van der Waals surface area contributed by atoms with Gasteiger partial charge in [-0.1, -0.05) is 84.9 Å². The summed E-state index contributed by atoms with van der Waals surface area (Å²) in [4.78, 5) is 2.30. The molecule has 7 rings (SSSR count). The van der Waals surface area contributed by atoms with Gasteiger partial charge in [-0.25, -0.2) is 0 Å². The van der Waals surface area contributed by atoms with Crippen LogP contribution in [0.15, 0.2) is 156 Å². The van der Waals surface area contributed by atoms with E-state index in [0.717, 1.165) is 50.4 Å². The van der Waals surface area contributed by atoms with Gasteiger partial charge in [-0.05, 0) is 66.2 Å². The number of fused-ring (bicyclic) bond motifs is 3. The first-order chi connectivity index (χ1) is 19.3. The Labute approximate surface area is 227 Å². The van der Waals surface area contributed by atoms with Crippen LogP contribution < -0.4 is 10.2 Å². The molecule has 0 amide bonds. The van der Waals surface area contributed by atoms with E-state index in [9.17, 15) is 0 Å². The van der Waals surface area contributed by atoms with Crippen LogP contribution in [0.4, 0.5) is 28.4 Å². The molecule has 39 heavy (non-hydrogen) atoms. The van der Waals surface area contributed by atoms with Gasteiger partial charge < -0.3 is 14.6 Å². The van der Waals surface area contributed by atoms with Crippen LogP contribution in [-0.4, -0.2) is 0 Å². The van der Waals surface area contributed by atoms with Crippen molar-refractivity contribution in [3.05, 3.63) is 152 Å². The average Bonchev–Trinajstić information content (AvgIpc) is 3.36. The SMILES string of the molecule is c1ccc(Nc2ccc3oc4cc(N(c5ccccc5)c5ccccc5-c5ccccc5)ccc4c3c2)cc1. The molecule has 0 aliphatic rings. The molecule has 0 bridgehead atoms. The Hall–Kier alpha value is -5.28. The van der Waals surface area contributed by atoms with Crippen molar-refractivity contribution >= 4 is 50.4 Å². The van der Waals surface area contributed by atoms with Gasteiger partial charge in [0.05, 0.1) is 5.69 Å². The summed E-state index contributed by atoms with van der Waals surface area (Å²) in [7, 11) is 0. The molecule has 7 aromatic rings. The standard InChI is InChI=1S/C36H26N2O/c1-4-12-26(13-5-1)31-18-10-11-19-34(31)38(29-16-8-3-9-17-29)30-21-22-32-33-24-28(37-27-14-6-2-7-15-27)20-23-35(33)39-36(32)25-30/h1-25,37H. The number of benzene rings is 6. The minimum Gasteiger partial charge on any atom is -0.456 e. The van der Waals surface area contributed by atoms with E-state index < -0.39 is 0 Å². The minimum absolute atomic E-state index is 0.859. The number of nitrogens with zero attached hydrogens (tertiary/aromatic N) is 1. The molecule has 3 nitrogen and oxygen atoms in total. The van der Waals surface area contributed by atoms with Gasteiger partial charge in [-0.2, -0.15) is 0 Å². The first kappa shape index (κ1) is 22.9. The molecule has 1 aromatic heterocycles. The molecule has 0 unspecified atom stereocenters. The summed E-state index contributed by atoms with van der Waals surface area (Å²) in [5.74, 6) is 0. The number of para-hydroxylation sites is 3. The van der Waals surface area contributed by atoms with Crippen molar-refractivity contribution in [3.63, 3.8) is 0 Å². The minimum atomic E-state index is 0.859. The van der Waals surface area contributed by atoms with Crippen LogP contribution >= 0.6 is 0 Å². The largest absolute Gasteiger partial charge is 0.456 e. The molecule has 0 saturated heterocycles. The second-order valence-electron chi connectivity index (χ2n) is 9.54. The van der Waals surface area contributed by atoms with Crippen molar-refractivity contribution in [1.29, 1.82) is 0 Å². The second-order valence-corrected chi connectivity index (χ2v) is 9.54. The van der Waals surface area contributed by atoms with Crippen LogP contribution in [0.25, 0.3) is 33.1 Å². The summed E-state index contributed by atoms with van der Waals surface area (Å²) >= 11 is 0. The highest BCUT2D eigenvalue weighted by Crippen LogP contribution is 2.42. The maximum absolute atomic E-state index is 6.38. The lowest BCUT2D eigenvalue weighted by Crippen LogP contribution is -2.11. The first-order valence-corrected chi connectivity index (χ1v) is 13.1. The van der Waals surface area contributed by atoms with Crippen LogP contribution in [0.5, 0.6) is 0 Å². The van der Waals surface area contributed by atoms with E-state index in [-0.39, 0.29) is 0 Å². The van der Waals surface area contributed by atoms with E-state index >= 15 is 0 Å². The van der Waals surface area contributed by atoms with Gasteiger partial charge in [-0.3, -0.25) is 0 Å². The predicted octanol–water partition coefficient (Wildman–Crippen LogP) is 10.5. The fraction of sp³-hybridized carbons (Fsp3) is 0. The maximum Gasteiger partial charge on any atom is 0.137 e. The lowest BCUT2D eigenvalue weighted by molar-refractivity contribution is 0.669. The van der Waals surface area contributed by atoms with E-state index in [2.05, 4.69) is 132 Å². The highest BCUT2D eigenvalue weighted by molar-refractivity contribution is 6.07. The van der Waals surface area contributed by atoms with Gasteiger partial charge >= 0.3 is 0 Å². The second kappa shape index (κ2) is 9.88. The summed E-state index contributed by atoms with van der Waals surface area (Å²) in [6.07, 6.45) is 0. The van der Waals surface area contributed by atoms with E-state index in [1.807, 2.05) is 30.3 Å². The molecule has 0 atom stereocenters. The number of furan rings is 1. The third kappa shape index (κ3) is 4.41. The Bertz CT molecular complexity index is 1880. The van der Waals surface area contributed by atoms with Crippen molar-refractivity contribution in [2.45, 2.75) is 0 Å². The zero-order valence-electron chi connectivity index (χ0n) is 21.3. The van der Waals surface area contributed by atoms with Crippen LogP contribution in [0, 0.1) is 0 Å².